The van der Waals surface area contributed by atoms with E-state index >= 15 is 0 Å². The minimum atomic E-state index is -1.07. The molecular weight excluding hydrogens is 791 g/mol. The number of carbonyl (C=O) groups is 7. The Balaban J connectivity index is 0. The number of nitrogens with one attached hydrogen (secondary N) is 3. The number of likely N-dealkylation sites (N-methyl/N-ethyl adjacent to an activating group) is 1. The Labute approximate surface area is 366 Å². The highest BCUT2D eigenvalue weighted by Gasteiger charge is 2.22. The largest absolute Gasteiger partial charge is 0.481 e. The molecule has 16 nitrogen and oxygen atoms in total. The van der Waals surface area contributed by atoms with E-state index in [9.17, 15) is 38.7 Å². The van der Waals surface area contributed by atoms with Crippen molar-refractivity contribution in [3.8, 4) is 0 Å². The number of hydrogen-bond acceptors (Lipinski definition) is 12. The van der Waals surface area contributed by atoms with E-state index in [1.165, 1.54) is 44.9 Å². The lowest BCUT2D eigenvalue weighted by Crippen LogP contribution is -2.32. The quantitative estimate of drug-likeness (QED) is 0.0442. The van der Waals surface area contributed by atoms with Crippen LogP contribution < -0.4 is 16.0 Å². The number of Topliss-reactive ketones (excluding diaryl/α,β-unsaturated/α-hetero) is 3. The van der Waals surface area contributed by atoms with Crippen LogP contribution >= 0.6 is 0 Å². The molecule has 0 aromatic carbocycles. The van der Waals surface area contributed by atoms with Crippen molar-refractivity contribution >= 4 is 41.1 Å². The number of ether oxygens (including phenoxy) is 4. The van der Waals surface area contributed by atoms with E-state index in [0.29, 0.717) is 39.0 Å². The first kappa shape index (κ1) is 57.7. The van der Waals surface area contributed by atoms with Crippen molar-refractivity contribution in [3.63, 3.8) is 0 Å². The van der Waals surface area contributed by atoms with Gasteiger partial charge >= 0.3 is 11.9 Å². The minimum Gasteiger partial charge on any atom is -0.481 e. The molecule has 0 bridgehead atoms. The maximum atomic E-state index is 12.4. The lowest BCUT2D eigenvalue weighted by atomic mass is 9.94. The monoisotopic (exact) mass is 874 g/mol. The molecule has 0 rings (SSSR count). The van der Waals surface area contributed by atoms with Crippen molar-refractivity contribution in [2.45, 2.75) is 167 Å². The van der Waals surface area contributed by atoms with Crippen molar-refractivity contribution in [2.24, 2.45) is 5.92 Å². The van der Waals surface area contributed by atoms with E-state index in [1.54, 1.807) is 14.0 Å². The van der Waals surface area contributed by atoms with Crippen molar-refractivity contribution in [2.75, 3.05) is 73.0 Å². The number of amides is 2. The first-order chi connectivity index (χ1) is 29.5. The average Bonchev–Trinajstić information content (AvgIpc) is 3.22. The smallest absolute Gasteiger partial charge is 0.306 e. The molecule has 0 aromatic rings. The van der Waals surface area contributed by atoms with Crippen LogP contribution in [0.1, 0.15) is 162 Å². The molecule has 0 unspecified atom stereocenters. The summed E-state index contributed by atoms with van der Waals surface area (Å²) in [5.74, 6) is -3.20. The summed E-state index contributed by atoms with van der Waals surface area (Å²) in [6, 6.07) is -0.145. The molecule has 0 saturated carbocycles. The van der Waals surface area contributed by atoms with Crippen molar-refractivity contribution in [1.29, 1.82) is 0 Å². The van der Waals surface area contributed by atoms with Crippen molar-refractivity contribution in [3.05, 3.63) is 0 Å². The van der Waals surface area contributed by atoms with Gasteiger partial charge in [-0.15, -0.1) is 0 Å². The maximum absolute atomic E-state index is 12.4. The number of hydrogen-bond donors (Lipinski definition) is 5. The molecule has 0 aliphatic rings. The Morgan fingerprint density at radius 3 is 1.56 bits per heavy atom. The van der Waals surface area contributed by atoms with Crippen molar-refractivity contribution in [1.82, 2.24) is 16.0 Å². The lowest BCUT2D eigenvalue weighted by molar-refractivity contribution is -0.144. The Bertz CT molecular complexity index is 1190. The standard InChI is InChI=1S/C45H81N3O13.H2/c1-37(49)41(46-2)22-17-18-26-47-43(53)36-61-33-30-58-28-19-21-40(51)35-60-32-31-59-29-27-48-42(52)25-24-38(45(56)57)34-39(50)20-15-13-11-9-7-5-3-4-6-8-10-12-14-16-23-44(54)55;/h38,41,46H,3-36H2,1-2H3,(H,47,53)(H,48,52)(H,54,55)(H,56,57);1H/t38-,41+;/m1./s1. The minimum absolute atomic E-state index is 0. The predicted molar refractivity (Wildman–Crippen MR) is 235 cm³/mol. The summed E-state index contributed by atoms with van der Waals surface area (Å²) in [6.45, 7) is 3.87. The van der Waals surface area contributed by atoms with Gasteiger partial charge in [0, 0.05) is 53.2 Å². The van der Waals surface area contributed by atoms with Crippen molar-refractivity contribution < 1.29 is 64.1 Å². The van der Waals surface area contributed by atoms with E-state index in [2.05, 4.69) is 16.0 Å². The number of rotatable bonds is 47. The summed E-state index contributed by atoms with van der Waals surface area (Å²) in [5, 5.41) is 26.7. The summed E-state index contributed by atoms with van der Waals surface area (Å²) in [5.41, 5.74) is 0. The molecule has 0 aliphatic carbocycles. The molecule has 0 spiro atoms. The van der Waals surface area contributed by atoms with Gasteiger partial charge in [-0.3, -0.25) is 33.6 Å². The van der Waals surface area contributed by atoms with Gasteiger partial charge in [-0.1, -0.05) is 77.0 Å². The third kappa shape index (κ3) is 40.5. The highest BCUT2D eigenvalue weighted by Crippen LogP contribution is 2.17. The van der Waals surface area contributed by atoms with Gasteiger partial charge in [0.15, 0.2) is 5.78 Å². The molecule has 0 radical (unpaired) electrons. The summed E-state index contributed by atoms with van der Waals surface area (Å²) < 4.78 is 21.5. The Hall–Kier alpha value is -3.31. The second-order valence-electron chi connectivity index (χ2n) is 15.8. The third-order valence-electron chi connectivity index (χ3n) is 10.3. The zero-order valence-electron chi connectivity index (χ0n) is 37.6. The molecule has 0 aliphatic heterocycles. The molecule has 0 aromatic heterocycles. The van der Waals surface area contributed by atoms with Gasteiger partial charge in [-0.25, -0.2) is 0 Å². The number of carbonyl (C=O) groups excluding carboxylic acids is 5. The van der Waals surface area contributed by atoms with E-state index < -0.39 is 17.9 Å². The Kier molecular flexibility index (Phi) is 39.7. The SMILES string of the molecule is CN[C@@H](CCCCNC(=O)COCCOCCCC(=O)COCCOCCNC(=O)CC[C@H](CC(=O)CCCCCCCCCCCCCCCCC(=O)O)C(=O)O)C(C)=O.[HH]. The van der Waals surface area contributed by atoms with Crippen LogP contribution in [0, 0.1) is 5.92 Å². The Morgan fingerprint density at radius 2 is 1.00 bits per heavy atom. The van der Waals surface area contributed by atoms with Crippen LogP contribution in [0.3, 0.4) is 0 Å². The molecule has 0 saturated heterocycles. The fraction of sp³-hybridized carbons (Fsp3) is 0.844. The second kappa shape index (κ2) is 42.0. The molecule has 0 fully saturated rings. The van der Waals surface area contributed by atoms with Crippen LogP contribution in [-0.2, 0) is 52.5 Å². The molecule has 2 atom stereocenters. The summed E-state index contributed by atoms with van der Waals surface area (Å²) >= 11 is 0. The Morgan fingerprint density at radius 1 is 0.492 bits per heavy atom. The first-order valence-corrected chi connectivity index (χ1v) is 23.0. The van der Waals surface area contributed by atoms with Crippen LogP contribution in [-0.4, -0.2) is 130 Å². The normalized spacial score (nSPS) is 12.2. The van der Waals surface area contributed by atoms with E-state index in [0.717, 1.165) is 64.2 Å². The van der Waals surface area contributed by atoms with E-state index in [-0.39, 0.29) is 109 Å². The summed E-state index contributed by atoms with van der Waals surface area (Å²) in [4.78, 5) is 82.2. The van der Waals surface area contributed by atoms with Gasteiger partial charge in [-0.2, -0.15) is 0 Å². The van der Waals surface area contributed by atoms with Gasteiger partial charge in [0.1, 0.15) is 24.8 Å². The maximum Gasteiger partial charge on any atom is 0.306 e. The predicted octanol–water partition coefficient (Wildman–Crippen LogP) is 5.99. The molecule has 0 heterocycles. The molecule has 5 N–H and O–H groups in total. The summed E-state index contributed by atoms with van der Waals surface area (Å²) in [6.07, 6.45) is 19.2. The highest BCUT2D eigenvalue weighted by atomic mass is 16.5. The van der Waals surface area contributed by atoms with Crippen LogP contribution in [0.25, 0.3) is 0 Å². The van der Waals surface area contributed by atoms with Gasteiger partial charge in [0.2, 0.25) is 11.8 Å². The molecule has 61 heavy (non-hydrogen) atoms. The molecule has 356 valence electrons. The van der Waals surface area contributed by atoms with Gasteiger partial charge in [-0.05, 0) is 58.9 Å². The van der Waals surface area contributed by atoms with E-state index in [1.807, 2.05) is 0 Å². The molecule has 16 heteroatoms. The number of aliphatic carboxylic acids is 2. The van der Waals surface area contributed by atoms with Gasteiger partial charge < -0.3 is 45.1 Å². The zero-order chi connectivity index (χ0) is 45.2. The van der Waals surface area contributed by atoms with Crippen LogP contribution in [0.15, 0.2) is 0 Å². The lowest BCUT2D eigenvalue weighted by Gasteiger charge is -2.12. The van der Waals surface area contributed by atoms with E-state index in [4.69, 9.17) is 24.1 Å². The first-order valence-electron chi connectivity index (χ1n) is 23.0. The molecular formula is C45H83N3O13. The zero-order valence-corrected chi connectivity index (χ0v) is 37.6. The van der Waals surface area contributed by atoms with Gasteiger partial charge in [0.05, 0.1) is 45.0 Å². The number of carboxylic acids is 2. The number of unbranched alkanes of at least 4 members (excludes halogenated alkanes) is 14. The van der Waals surface area contributed by atoms with Crippen LogP contribution in [0.5, 0.6) is 0 Å². The average molecular weight is 874 g/mol. The van der Waals surface area contributed by atoms with Gasteiger partial charge in [0.25, 0.3) is 0 Å². The fourth-order valence-corrected chi connectivity index (χ4v) is 6.60. The van der Waals surface area contributed by atoms with Crippen LogP contribution in [0.2, 0.25) is 0 Å². The molecule has 2 amide bonds. The van der Waals surface area contributed by atoms with Crippen LogP contribution in [0.4, 0.5) is 0 Å². The topological polar surface area (TPSA) is 233 Å². The highest BCUT2D eigenvalue weighted by molar-refractivity contribution is 5.84. The second-order valence-corrected chi connectivity index (χ2v) is 15.8. The number of carboxylic acid groups (broad SMARTS) is 2. The number of ketones is 3. The fourth-order valence-electron chi connectivity index (χ4n) is 6.60. The third-order valence-corrected chi connectivity index (χ3v) is 10.3. The summed E-state index contributed by atoms with van der Waals surface area (Å²) in [7, 11) is 1.76.